The highest BCUT2D eigenvalue weighted by molar-refractivity contribution is 6.45. The van der Waals surface area contributed by atoms with Crippen LogP contribution in [0, 0.1) is 22.7 Å². The average molecular weight is 790 g/mol. The third-order valence-electron chi connectivity index (χ3n) is 12.0. The lowest BCUT2D eigenvalue weighted by Crippen LogP contribution is -2.51. The minimum absolute atomic E-state index is 0.0372. The number of rotatable bonds is 9. The number of carboxylic acid groups (broad SMARTS) is 2. The van der Waals surface area contributed by atoms with Crippen LogP contribution in [-0.4, -0.2) is 57.5 Å². The normalized spacial score (nSPS) is 27.5. The van der Waals surface area contributed by atoms with Crippen LogP contribution in [0.4, 0.5) is 0 Å². The molecule has 272 valence electrons. The molecule has 2 spiro atoms. The van der Waals surface area contributed by atoms with Crippen LogP contribution in [0.2, 0.25) is 20.1 Å². The molecule has 2 fully saturated rings. The largest absolute Gasteiger partial charge is 0.478 e. The van der Waals surface area contributed by atoms with Gasteiger partial charge in [0.2, 0.25) is 17.8 Å². The van der Waals surface area contributed by atoms with Crippen molar-refractivity contribution in [2.24, 2.45) is 22.7 Å². The van der Waals surface area contributed by atoms with Crippen molar-refractivity contribution in [3.63, 3.8) is 0 Å². The van der Waals surface area contributed by atoms with Crippen molar-refractivity contribution in [2.75, 3.05) is 0 Å². The number of carbonyl (C=O) groups excluding carboxylic acids is 3. The van der Waals surface area contributed by atoms with Gasteiger partial charge in [0.05, 0.1) is 10.0 Å². The summed E-state index contributed by atoms with van der Waals surface area (Å²) >= 11 is 27.2. The van der Waals surface area contributed by atoms with E-state index in [0.29, 0.717) is 47.9 Å². The summed E-state index contributed by atoms with van der Waals surface area (Å²) < 4.78 is 17.4. The molecule has 6 unspecified atom stereocenters. The molecule has 52 heavy (non-hydrogen) atoms. The van der Waals surface area contributed by atoms with E-state index in [1.165, 1.54) is 0 Å². The molecule has 0 heterocycles. The van der Waals surface area contributed by atoms with Crippen molar-refractivity contribution in [2.45, 2.75) is 83.0 Å². The summed E-state index contributed by atoms with van der Waals surface area (Å²) in [5.41, 5.74) is 1.56. The van der Waals surface area contributed by atoms with Crippen LogP contribution in [0.3, 0.4) is 0 Å². The zero-order valence-corrected chi connectivity index (χ0v) is 31.0. The number of esters is 1. The third-order valence-corrected chi connectivity index (χ3v) is 13.7. The minimum atomic E-state index is -2.16. The molecule has 8 rings (SSSR count). The Morgan fingerprint density at radius 1 is 0.750 bits per heavy atom. The molecule has 14 heteroatoms. The molecule has 6 aliphatic carbocycles. The Balaban J connectivity index is 1.18. The molecular formula is C38H32Cl4O10. The zero-order valence-electron chi connectivity index (χ0n) is 27.9. The summed E-state index contributed by atoms with van der Waals surface area (Å²) in [6.45, 7) is 2.24. The lowest BCUT2D eigenvalue weighted by atomic mass is 9.74. The average Bonchev–Trinajstić information content (AvgIpc) is 3.81. The van der Waals surface area contributed by atoms with E-state index in [1.807, 2.05) is 0 Å². The Bertz CT molecular complexity index is 2120. The first-order chi connectivity index (χ1) is 24.4. The Labute approximate surface area is 318 Å². The van der Waals surface area contributed by atoms with Crippen LogP contribution in [0.1, 0.15) is 74.6 Å². The molecule has 0 aromatic heterocycles. The molecule has 0 aliphatic heterocycles. The maximum absolute atomic E-state index is 13.8. The van der Waals surface area contributed by atoms with Crippen LogP contribution >= 0.6 is 46.4 Å². The summed E-state index contributed by atoms with van der Waals surface area (Å²) in [7, 11) is 0. The van der Waals surface area contributed by atoms with Crippen LogP contribution in [0.5, 0.6) is 11.5 Å². The number of fused-ring (bicyclic) bond motifs is 6. The second kappa shape index (κ2) is 12.0. The van der Waals surface area contributed by atoms with Gasteiger partial charge in [-0.2, -0.15) is 0 Å². The number of carbonyl (C=O) groups is 5. The summed E-state index contributed by atoms with van der Waals surface area (Å²) in [4.78, 5) is 64.3. The number of ether oxygens (including phenoxy) is 3. The first-order valence-electron chi connectivity index (χ1n) is 17.0. The van der Waals surface area contributed by atoms with Gasteiger partial charge in [-0.15, -0.1) is 0 Å². The van der Waals surface area contributed by atoms with Crippen LogP contribution < -0.4 is 9.47 Å². The number of allylic oxidation sites excluding steroid dienone is 4. The van der Waals surface area contributed by atoms with E-state index in [0.717, 1.165) is 50.7 Å². The predicted octanol–water partition coefficient (Wildman–Crippen LogP) is 7.60. The van der Waals surface area contributed by atoms with E-state index in [2.05, 4.69) is 0 Å². The maximum Gasteiger partial charge on any atom is 0.353 e. The van der Waals surface area contributed by atoms with Crippen LogP contribution in [-0.2, 0) is 41.6 Å². The van der Waals surface area contributed by atoms with E-state index in [4.69, 9.17) is 60.6 Å². The number of hydrogen-bond acceptors (Lipinski definition) is 8. The number of benzene rings is 2. The molecular weight excluding hydrogens is 758 g/mol. The molecule has 0 radical (unpaired) electrons. The number of carboxylic acids is 2. The highest BCUT2D eigenvalue weighted by Crippen LogP contribution is 2.64. The summed E-state index contributed by atoms with van der Waals surface area (Å²) in [5, 5.41) is 20.1. The lowest BCUT2D eigenvalue weighted by Gasteiger charge is -2.29. The monoisotopic (exact) mass is 788 g/mol. The first kappa shape index (κ1) is 35.5. The van der Waals surface area contributed by atoms with Crippen molar-refractivity contribution in [1.82, 2.24) is 0 Å². The summed E-state index contributed by atoms with van der Waals surface area (Å²) in [5.74, 6) is -4.92. The number of halogens is 4. The van der Waals surface area contributed by atoms with Crippen LogP contribution in [0.25, 0.3) is 11.1 Å². The van der Waals surface area contributed by atoms with Gasteiger partial charge in [-0.3, -0.25) is 9.59 Å². The van der Waals surface area contributed by atoms with Crippen LogP contribution in [0.15, 0.2) is 24.3 Å². The van der Waals surface area contributed by atoms with Gasteiger partial charge in [-0.05, 0) is 112 Å². The Morgan fingerprint density at radius 2 is 1.19 bits per heavy atom. The summed E-state index contributed by atoms with van der Waals surface area (Å²) in [6.07, 6.45) is 4.44. The second-order valence-electron chi connectivity index (χ2n) is 15.4. The Kier molecular flexibility index (Phi) is 8.16. The molecule has 2 aromatic rings. The molecule has 0 amide bonds. The molecule has 6 aliphatic rings. The molecule has 4 bridgehead atoms. The van der Waals surface area contributed by atoms with Crippen molar-refractivity contribution in [1.29, 1.82) is 0 Å². The van der Waals surface area contributed by atoms with Crippen molar-refractivity contribution in [3.05, 3.63) is 66.6 Å². The number of hydrogen-bond donors (Lipinski definition) is 2. The van der Waals surface area contributed by atoms with Gasteiger partial charge in [0.1, 0.15) is 21.5 Å². The van der Waals surface area contributed by atoms with Gasteiger partial charge in [-0.1, -0.05) is 46.4 Å². The molecule has 2 saturated carbocycles. The second-order valence-corrected chi connectivity index (χ2v) is 17.0. The highest BCUT2D eigenvalue weighted by Gasteiger charge is 2.54. The van der Waals surface area contributed by atoms with Gasteiger partial charge >= 0.3 is 17.9 Å². The molecule has 0 saturated heterocycles. The van der Waals surface area contributed by atoms with Crippen molar-refractivity contribution >= 4 is 87.0 Å². The lowest BCUT2D eigenvalue weighted by molar-refractivity contribution is -0.184. The van der Waals surface area contributed by atoms with Crippen molar-refractivity contribution in [3.8, 4) is 11.5 Å². The number of ketones is 2. The SMILES string of the molecule is CC(C)(OC(=O)C(Oc1cc2c(c(Cl)c1Cl)C1=CC(=O)C3CCC1(C2)C3)C(Oc1cc2c(c(Cl)c1Cl)C1=CC(=O)C3CCC1(C2)C3)C(=O)O)C(=O)O. The standard InChI is InChI=1S/C38H32Cl4O10/c1-36(2,35(48)49)52-34(47)32(51-24-8-18-14-38-6-4-16(12-38)22(44)10-20(38)26(18)30(42)28(24)40)31(33(45)46)50-23-7-17-13-37-5-3-15(11-37)21(43)9-19(37)25(17)29(41)27(23)39/h7-10,15-16,31-32H,3-6,11-14H2,1-2H3,(H,45,46)(H,48,49). The molecule has 10 nitrogen and oxygen atoms in total. The van der Waals surface area contributed by atoms with Gasteiger partial charge in [0.25, 0.3) is 0 Å². The van der Waals surface area contributed by atoms with E-state index in [9.17, 15) is 34.2 Å². The maximum atomic E-state index is 13.8. The fraction of sp³-hybridized carbons (Fsp3) is 0.447. The van der Waals surface area contributed by atoms with Crippen molar-refractivity contribution < 1.29 is 48.4 Å². The minimum Gasteiger partial charge on any atom is -0.478 e. The highest BCUT2D eigenvalue weighted by atomic mass is 35.5. The zero-order chi connectivity index (χ0) is 37.2. The van der Waals surface area contributed by atoms with E-state index in [-0.39, 0.29) is 65.8 Å². The predicted molar refractivity (Wildman–Crippen MR) is 190 cm³/mol. The molecule has 6 atom stereocenters. The van der Waals surface area contributed by atoms with Gasteiger partial charge < -0.3 is 24.4 Å². The van der Waals surface area contributed by atoms with E-state index < -0.39 is 35.7 Å². The van der Waals surface area contributed by atoms with E-state index in [1.54, 1.807) is 24.3 Å². The summed E-state index contributed by atoms with van der Waals surface area (Å²) in [6, 6.07) is 3.11. The Hall–Kier alpha value is -3.57. The fourth-order valence-corrected chi connectivity index (χ4v) is 10.4. The Morgan fingerprint density at radius 3 is 1.62 bits per heavy atom. The fourth-order valence-electron chi connectivity index (χ4n) is 9.41. The third kappa shape index (κ3) is 5.22. The topological polar surface area (TPSA) is 154 Å². The number of aliphatic carboxylic acids is 2. The smallest absolute Gasteiger partial charge is 0.353 e. The van der Waals surface area contributed by atoms with Gasteiger partial charge in [0, 0.05) is 33.8 Å². The first-order valence-corrected chi connectivity index (χ1v) is 18.5. The quantitative estimate of drug-likeness (QED) is 0.243. The molecule has 2 aromatic carbocycles. The molecule has 2 N–H and O–H groups in total. The van der Waals surface area contributed by atoms with Gasteiger partial charge in [-0.25, -0.2) is 14.4 Å². The van der Waals surface area contributed by atoms with Gasteiger partial charge in [0.15, 0.2) is 11.6 Å². The van der Waals surface area contributed by atoms with E-state index >= 15 is 0 Å².